The molecular weight excluding hydrogens is 323 g/mol. The lowest BCUT2D eigenvalue weighted by Gasteiger charge is -2.32. The van der Waals surface area contributed by atoms with Crippen molar-refractivity contribution in [1.82, 2.24) is 30.4 Å². The molecule has 0 bridgehead atoms. The number of carbonyl (C=O) groups is 1. The third kappa shape index (κ3) is 4.01. The van der Waals surface area contributed by atoms with Crippen molar-refractivity contribution < 1.29 is 9.18 Å². The van der Waals surface area contributed by atoms with Crippen LogP contribution in [-0.4, -0.2) is 56.2 Å². The van der Waals surface area contributed by atoms with Crippen molar-refractivity contribution in [3.63, 3.8) is 0 Å². The fourth-order valence-electron chi connectivity index (χ4n) is 3.30. The van der Waals surface area contributed by atoms with Crippen molar-refractivity contribution in [1.29, 1.82) is 0 Å². The second-order valence-electron chi connectivity index (χ2n) is 6.76. The van der Waals surface area contributed by atoms with Crippen molar-refractivity contribution in [2.24, 2.45) is 0 Å². The maximum atomic E-state index is 13.3. The molecule has 7 nitrogen and oxygen atoms in total. The summed E-state index contributed by atoms with van der Waals surface area (Å²) >= 11 is 0. The molecule has 1 amide bonds. The van der Waals surface area contributed by atoms with Crippen molar-refractivity contribution >= 4 is 5.91 Å². The Hall–Kier alpha value is -2.35. The van der Waals surface area contributed by atoms with Gasteiger partial charge < -0.3 is 10.2 Å². The first-order chi connectivity index (χ1) is 12.2. The zero-order valence-corrected chi connectivity index (χ0v) is 13.9. The van der Waals surface area contributed by atoms with Gasteiger partial charge in [-0.1, -0.05) is 12.1 Å². The quantitative estimate of drug-likeness (QED) is 0.883. The molecule has 1 aromatic heterocycles. The number of carbonyl (C=O) groups excluding carboxylic acids is 1. The van der Waals surface area contributed by atoms with Crippen molar-refractivity contribution in [3.8, 4) is 11.4 Å². The zero-order valence-electron chi connectivity index (χ0n) is 13.9. The minimum Gasteiger partial charge on any atom is -0.352 e. The summed E-state index contributed by atoms with van der Waals surface area (Å²) < 4.78 is 13.3. The first-order valence-electron chi connectivity index (χ1n) is 8.74. The van der Waals surface area contributed by atoms with E-state index in [-0.39, 0.29) is 24.3 Å². The van der Waals surface area contributed by atoms with Gasteiger partial charge in [0.15, 0.2) is 0 Å². The fourth-order valence-corrected chi connectivity index (χ4v) is 3.30. The van der Waals surface area contributed by atoms with Gasteiger partial charge in [-0.15, -0.1) is 10.2 Å². The first kappa shape index (κ1) is 16.1. The van der Waals surface area contributed by atoms with Crippen molar-refractivity contribution in [2.45, 2.75) is 44.3 Å². The predicted molar refractivity (Wildman–Crippen MR) is 89.0 cm³/mol. The van der Waals surface area contributed by atoms with E-state index in [1.54, 1.807) is 12.1 Å². The number of piperidine rings is 1. The molecule has 0 atom stereocenters. The molecule has 0 radical (unpaired) electrons. The maximum absolute atomic E-state index is 13.3. The number of hydrogen-bond donors (Lipinski definition) is 1. The highest BCUT2D eigenvalue weighted by Crippen LogP contribution is 2.29. The van der Waals surface area contributed by atoms with Crippen LogP contribution in [0, 0.1) is 5.82 Å². The van der Waals surface area contributed by atoms with Crippen LogP contribution in [0.3, 0.4) is 0 Å². The molecule has 132 valence electrons. The summed E-state index contributed by atoms with van der Waals surface area (Å²) in [5.74, 6) is -0.165. The smallest absolute Gasteiger partial charge is 0.243 e. The summed E-state index contributed by atoms with van der Waals surface area (Å²) in [5.41, 5.74) is 0.541. The normalized spacial score (nSPS) is 19.1. The monoisotopic (exact) mass is 344 g/mol. The van der Waals surface area contributed by atoms with Crippen LogP contribution in [0.1, 0.15) is 25.7 Å². The molecule has 0 spiro atoms. The Bertz CT molecular complexity index is 751. The molecule has 1 aliphatic heterocycles. The van der Waals surface area contributed by atoms with Gasteiger partial charge in [0.25, 0.3) is 0 Å². The van der Waals surface area contributed by atoms with E-state index in [4.69, 9.17) is 0 Å². The van der Waals surface area contributed by atoms with E-state index >= 15 is 0 Å². The SMILES string of the molecule is O=C(Cn1nnc(-c2cccc(F)c2)n1)NC1CCN(C2CC2)CC1. The summed E-state index contributed by atoms with van der Waals surface area (Å²) in [5, 5.41) is 15.0. The second-order valence-corrected chi connectivity index (χ2v) is 6.76. The summed E-state index contributed by atoms with van der Waals surface area (Å²) in [6.45, 7) is 2.13. The fraction of sp³-hybridized carbons (Fsp3) is 0.529. The van der Waals surface area contributed by atoms with Crippen LogP contribution in [0.2, 0.25) is 0 Å². The summed E-state index contributed by atoms with van der Waals surface area (Å²) in [4.78, 5) is 16.0. The Balaban J connectivity index is 1.29. The Kier molecular flexibility index (Phi) is 4.44. The van der Waals surface area contributed by atoms with E-state index in [1.165, 1.54) is 29.8 Å². The molecule has 1 aromatic carbocycles. The highest BCUT2D eigenvalue weighted by Gasteiger charge is 2.32. The number of nitrogens with zero attached hydrogens (tertiary/aromatic N) is 5. The predicted octanol–water partition coefficient (Wildman–Crippen LogP) is 1.22. The van der Waals surface area contributed by atoms with E-state index in [9.17, 15) is 9.18 Å². The Morgan fingerprint density at radius 2 is 2.04 bits per heavy atom. The summed E-state index contributed by atoms with van der Waals surface area (Å²) in [6.07, 6.45) is 4.62. The third-order valence-electron chi connectivity index (χ3n) is 4.78. The number of nitrogens with one attached hydrogen (secondary N) is 1. The molecule has 2 fully saturated rings. The van der Waals surface area contributed by atoms with Gasteiger partial charge >= 0.3 is 0 Å². The largest absolute Gasteiger partial charge is 0.352 e. The van der Waals surface area contributed by atoms with Gasteiger partial charge in [-0.05, 0) is 43.0 Å². The Morgan fingerprint density at radius 3 is 2.76 bits per heavy atom. The minimum atomic E-state index is -0.357. The standard InChI is InChI=1S/C17H21FN6O/c18-13-3-1-2-12(10-13)17-20-22-24(21-17)11-16(25)19-14-6-8-23(9-7-14)15-4-5-15/h1-3,10,14-15H,4-9,11H2,(H,19,25). The van der Waals surface area contributed by atoms with Crippen LogP contribution in [0.25, 0.3) is 11.4 Å². The second kappa shape index (κ2) is 6.87. The minimum absolute atomic E-state index is 0.0190. The molecule has 2 aliphatic rings. The van der Waals surface area contributed by atoms with Gasteiger partial charge in [-0.2, -0.15) is 4.80 Å². The number of hydrogen-bond acceptors (Lipinski definition) is 5. The molecule has 2 heterocycles. The van der Waals surface area contributed by atoms with Gasteiger partial charge in [0.2, 0.25) is 11.7 Å². The van der Waals surface area contributed by atoms with Crippen molar-refractivity contribution in [2.75, 3.05) is 13.1 Å². The van der Waals surface area contributed by atoms with Gasteiger partial charge in [0.1, 0.15) is 12.4 Å². The van der Waals surface area contributed by atoms with E-state index < -0.39 is 0 Å². The number of halogens is 1. The average Bonchev–Trinajstić information content (AvgIpc) is 3.35. The van der Waals surface area contributed by atoms with Gasteiger partial charge in [-0.25, -0.2) is 4.39 Å². The van der Waals surface area contributed by atoms with Gasteiger partial charge in [0.05, 0.1) is 0 Å². The highest BCUT2D eigenvalue weighted by atomic mass is 19.1. The van der Waals surface area contributed by atoms with Crippen LogP contribution < -0.4 is 5.32 Å². The average molecular weight is 344 g/mol. The number of benzene rings is 1. The van der Waals surface area contributed by atoms with Crippen LogP contribution >= 0.6 is 0 Å². The first-order valence-corrected chi connectivity index (χ1v) is 8.74. The van der Waals surface area contributed by atoms with Crippen LogP contribution in [0.15, 0.2) is 24.3 Å². The number of tetrazole rings is 1. The van der Waals surface area contributed by atoms with E-state index in [0.29, 0.717) is 11.4 Å². The van der Waals surface area contributed by atoms with Crippen LogP contribution in [-0.2, 0) is 11.3 Å². The molecule has 1 aliphatic carbocycles. The number of aromatic nitrogens is 4. The van der Waals surface area contributed by atoms with Gasteiger partial charge in [0, 0.05) is 30.7 Å². The zero-order chi connectivity index (χ0) is 17.2. The lowest BCUT2D eigenvalue weighted by molar-refractivity contribution is -0.123. The van der Waals surface area contributed by atoms with E-state index in [2.05, 4.69) is 25.6 Å². The molecule has 1 saturated carbocycles. The molecule has 0 unspecified atom stereocenters. The molecule has 8 heteroatoms. The van der Waals surface area contributed by atoms with Gasteiger partial charge in [-0.3, -0.25) is 4.79 Å². The molecule has 4 rings (SSSR count). The van der Waals surface area contributed by atoms with E-state index in [1.807, 2.05) is 0 Å². The van der Waals surface area contributed by atoms with Crippen molar-refractivity contribution in [3.05, 3.63) is 30.1 Å². The molecule has 25 heavy (non-hydrogen) atoms. The summed E-state index contributed by atoms with van der Waals surface area (Å²) in [7, 11) is 0. The number of amides is 1. The molecule has 1 N–H and O–H groups in total. The summed E-state index contributed by atoms with van der Waals surface area (Å²) in [6, 6.07) is 7.00. The number of rotatable bonds is 5. The lowest BCUT2D eigenvalue weighted by Crippen LogP contribution is -2.46. The Labute approximate surface area is 145 Å². The maximum Gasteiger partial charge on any atom is 0.243 e. The topological polar surface area (TPSA) is 75.9 Å². The Morgan fingerprint density at radius 1 is 1.24 bits per heavy atom. The third-order valence-corrected chi connectivity index (χ3v) is 4.78. The number of likely N-dealkylation sites (tertiary alicyclic amines) is 1. The lowest BCUT2D eigenvalue weighted by atomic mass is 10.0. The van der Waals surface area contributed by atoms with E-state index in [0.717, 1.165) is 32.0 Å². The van der Waals surface area contributed by atoms with Crippen LogP contribution in [0.5, 0.6) is 0 Å². The molecule has 1 saturated heterocycles. The molecular formula is C17H21FN6O. The van der Waals surface area contributed by atoms with Crippen LogP contribution in [0.4, 0.5) is 4.39 Å². The highest BCUT2D eigenvalue weighted by molar-refractivity contribution is 5.75. The molecule has 2 aromatic rings.